The SMILES string of the molecule is Cc1ccc(S(=O)(=O)c2cnc3c(c2)c(=O)n(C)c(=O)n3C)cc1. The number of aryl methyl sites for hydroxylation is 2. The van der Waals surface area contributed by atoms with Crippen LogP contribution in [0.25, 0.3) is 11.0 Å². The summed E-state index contributed by atoms with van der Waals surface area (Å²) in [4.78, 5) is 28.2. The molecule has 0 saturated carbocycles. The third kappa shape index (κ3) is 2.35. The topological polar surface area (TPSA) is 91.0 Å². The molecule has 3 rings (SSSR count). The van der Waals surface area contributed by atoms with E-state index in [1.807, 2.05) is 6.92 Å². The second-order valence-electron chi connectivity index (χ2n) is 5.56. The molecule has 8 heteroatoms. The van der Waals surface area contributed by atoms with Gasteiger partial charge in [0.2, 0.25) is 9.84 Å². The van der Waals surface area contributed by atoms with Crippen molar-refractivity contribution in [3.8, 4) is 0 Å². The molecule has 7 nitrogen and oxygen atoms in total. The van der Waals surface area contributed by atoms with Crippen LogP contribution in [0.4, 0.5) is 0 Å². The first kappa shape index (κ1) is 16.1. The molecule has 0 aliphatic carbocycles. The van der Waals surface area contributed by atoms with E-state index in [4.69, 9.17) is 0 Å². The summed E-state index contributed by atoms with van der Waals surface area (Å²) < 4.78 is 27.6. The third-order valence-electron chi connectivity index (χ3n) is 3.91. The molecule has 0 N–H and O–H groups in total. The summed E-state index contributed by atoms with van der Waals surface area (Å²) >= 11 is 0. The highest BCUT2D eigenvalue weighted by atomic mass is 32.2. The van der Waals surface area contributed by atoms with E-state index in [0.717, 1.165) is 16.3 Å². The Morgan fingerprint density at radius 2 is 1.58 bits per heavy atom. The van der Waals surface area contributed by atoms with Crippen molar-refractivity contribution in [3.05, 3.63) is 62.9 Å². The average Bonchev–Trinajstić information content (AvgIpc) is 2.58. The molecular weight excluding hydrogens is 330 g/mol. The van der Waals surface area contributed by atoms with E-state index in [1.165, 1.54) is 36.9 Å². The lowest BCUT2D eigenvalue weighted by atomic mass is 10.2. The number of rotatable bonds is 2. The van der Waals surface area contributed by atoms with Gasteiger partial charge in [0.1, 0.15) is 5.65 Å². The molecule has 24 heavy (non-hydrogen) atoms. The zero-order chi connectivity index (χ0) is 17.6. The van der Waals surface area contributed by atoms with Gasteiger partial charge in [-0.15, -0.1) is 0 Å². The van der Waals surface area contributed by atoms with Gasteiger partial charge < -0.3 is 0 Å². The van der Waals surface area contributed by atoms with Crippen molar-refractivity contribution in [1.29, 1.82) is 0 Å². The molecule has 0 fully saturated rings. The fourth-order valence-corrected chi connectivity index (χ4v) is 3.68. The molecule has 0 aliphatic heterocycles. The smallest absolute Gasteiger partial charge is 0.280 e. The second kappa shape index (κ2) is 5.41. The van der Waals surface area contributed by atoms with E-state index in [-0.39, 0.29) is 20.8 Å². The van der Waals surface area contributed by atoms with Gasteiger partial charge in [0, 0.05) is 20.3 Å². The van der Waals surface area contributed by atoms with Crippen molar-refractivity contribution in [2.24, 2.45) is 14.1 Å². The number of aromatic nitrogens is 3. The van der Waals surface area contributed by atoms with Crippen LogP contribution in [-0.4, -0.2) is 22.5 Å². The van der Waals surface area contributed by atoms with E-state index < -0.39 is 21.1 Å². The highest BCUT2D eigenvalue weighted by Gasteiger charge is 2.20. The van der Waals surface area contributed by atoms with Crippen LogP contribution in [0.5, 0.6) is 0 Å². The number of nitrogens with zero attached hydrogens (tertiary/aromatic N) is 3. The van der Waals surface area contributed by atoms with Gasteiger partial charge in [-0.3, -0.25) is 13.9 Å². The average molecular weight is 345 g/mol. The zero-order valence-corrected chi connectivity index (χ0v) is 14.2. The van der Waals surface area contributed by atoms with E-state index in [0.29, 0.717) is 0 Å². The summed E-state index contributed by atoms with van der Waals surface area (Å²) in [7, 11) is -0.982. The van der Waals surface area contributed by atoms with Gasteiger partial charge in [-0.05, 0) is 25.1 Å². The van der Waals surface area contributed by atoms with Gasteiger partial charge in [0.15, 0.2) is 0 Å². The Morgan fingerprint density at radius 3 is 2.21 bits per heavy atom. The highest BCUT2D eigenvalue weighted by Crippen LogP contribution is 2.22. The van der Waals surface area contributed by atoms with E-state index in [9.17, 15) is 18.0 Å². The summed E-state index contributed by atoms with van der Waals surface area (Å²) in [6.07, 6.45) is 1.16. The van der Waals surface area contributed by atoms with Gasteiger partial charge in [-0.1, -0.05) is 17.7 Å². The highest BCUT2D eigenvalue weighted by molar-refractivity contribution is 7.91. The Kier molecular flexibility index (Phi) is 3.64. The number of hydrogen-bond donors (Lipinski definition) is 0. The first-order valence-corrected chi connectivity index (χ1v) is 8.59. The standard InChI is InChI=1S/C16H15N3O4S/c1-10-4-6-11(7-5-10)24(22,23)12-8-13-14(17-9-12)18(2)16(21)19(3)15(13)20/h4-9H,1-3H3. The maximum atomic E-state index is 12.7. The number of fused-ring (bicyclic) bond motifs is 1. The maximum Gasteiger partial charge on any atom is 0.332 e. The molecule has 1 aromatic carbocycles. The third-order valence-corrected chi connectivity index (χ3v) is 5.65. The van der Waals surface area contributed by atoms with Crippen molar-refractivity contribution in [1.82, 2.24) is 14.1 Å². The largest absolute Gasteiger partial charge is 0.332 e. The van der Waals surface area contributed by atoms with Crippen LogP contribution in [0.1, 0.15) is 5.56 Å². The van der Waals surface area contributed by atoms with Crippen molar-refractivity contribution in [2.45, 2.75) is 16.7 Å². The first-order chi connectivity index (χ1) is 11.2. The molecule has 0 saturated heterocycles. The number of benzene rings is 1. The Morgan fingerprint density at radius 1 is 0.958 bits per heavy atom. The molecule has 0 unspecified atom stereocenters. The van der Waals surface area contributed by atoms with Gasteiger partial charge in [0.05, 0.1) is 15.2 Å². The van der Waals surface area contributed by atoms with Crippen molar-refractivity contribution >= 4 is 20.9 Å². The van der Waals surface area contributed by atoms with Crippen LogP contribution in [0.2, 0.25) is 0 Å². The molecule has 0 amide bonds. The lowest BCUT2D eigenvalue weighted by Crippen LogP contribution is -2.37. The molecule has 3 aromatic rings. The van der Waals surface area contributed by atoms with Crippen LogP contribution in [0.15, 0.2) is 55.9 Å². The molecule has 2 heterocycles. The lowest BCUT2D eigenvalue weighted by molar-refractivity contribution is 0.595. The predicted molar refractivity (Wildman–Crippen MR) is 88.9 cm³/mol. The molecule has 0 atom stereocenters. The Balaban J connectivity index is 2.31. The fraction of sp³-hybridized carbons (Fsp3) is 0.188. The Bertz CT molecular complexity index is 1170. The van der Waals surface area contributed by atoms with Gasteiger partial charge in [-0.2, -0.15) is 0 Å². The van der Waals surface area contributed by atoms with Crippen LogP contribution in [-0.2, 0) is 23.9 Å². The number of sulfone groups is 1. The van der Waals surface area contributed by atoms with Crippen LogP contribution >= 0.6 is 0 Å². The van der Waals surface area contributed by atoms with Crippen LogP contribution in [0.3, 0.4) is 0 Å². The monoisotopic (exact) mass is 345 g/mol. The quantitative estimate of drug-likeness (QED) is 0.684. The van der Waals surface area contributed by atoms with Gasteiger partial charge >= 0.3 is 5.69 Å². The zero-order valence-electron chi connectivity index (χ0n) is 13.3. The van der Waals surface area contributed by atoms with Crippen LogP contribution in [0, 0.1) is 6.92 Å². The molecule has 0 aliphatic rings. The molecule has 0 spiro atoms. The van der Waals surface area contributed by atoms with Crippen molar-refractivity contribution in [3.63, 3.8) is 0 Å². The number of pyridine rings is 1. The minimum atomic E-state index is -3.80. The fourth-order valence-electron chi connectivity index (χ4n) is 2.45. The summed E-state index contributed by atoms with van der Waals surface area (Å²) in [6.45, 7) is 1.86. The van der Waals surface area contributed by atoms with E-state index in [2.05, 4.69) is 4.98 Å². The van der Waals surface area contributed by atoms with Crippen molar-refractivity contribution in [2.75, 3.05) is 0 Å². The minimum absolute atomic E-state index is 0.0767. The Hall–Kier alpha value is -2.74. The lowest BCUT2D eigenvalue weighted by Gasteiger charge is -2.09. The Labute approximate surface area is 137 Å². The minimum Gasteiger partial charge on any atom is -0.280 e. The van der Waals surface area contributed by atoms with E-state index >= 15 is 0 Å². The van der Waals surface area contributed by atoms with Gasteiger partial charge in [-0.25, -0.2) is 18.2 Å². The number of hydrogen-bond acceptors (Lipinski definition) is 5. The summed E-state index contributed by atoms with van der Waals surface area (Å²) in [5.41, 5.74) is -0.0175. The summed E-state index contributed by atoms with van der Waals surface area (Å²) in [6, 6.07) is 7.68. The predicted octanol–water partition coefficient (Wildman–Crippen LogP) is 0.773. The molecular formula is C16H15N3O4S. The summed E-state index contributed by atoms with van der Waals surface area (Å²) in [5, 5.41) is 0.0767. The van der Waals surface area contributed by atoms with Crippen molar-refractivity contribution < 1.29 is 8.42 Å². The maximum absolute atomic E-state index is 12.7. The molecule has 124 valence electrons. The van der Waals surface area contributed by atoms with E-state index in [1.54, 1.807) is 12.1 Å². The molecule has 2 aromatic heterocycles. The summed E-state index contributed by atoms with van der Waals surface area (Å²) in [5.74, 6) is 0. The van der Waals surface area contributed by atoms with Crippen LogP contribution < -0.4 is 11.2 Å². The normalized spacial score (nSPS) is 11.8. The second-order valence-corrected chi connectivity index (χ2v) is 7.51. The molecule has 0 bridgehead atoms. The first-order valence-electron chi connectivity index (χ1n) is 7.11. The molecule has 0 radical (unpaired) electrons. The van der Waals surface area contributed by atoms with Gasteiger partial charge in [0.25, 0.3) is 5.56 Å².